The van der Waals surface area contributed by atoms with Gasteiger partial charge in [0.25, 0.3) is 11.8 Å². The number of carbonyl (C=O) groups excluding carboxylic acids is 2. The molecule has 0 radical (unpaired) electrons. The second kappa shape index (κ2) is 8.87. The van der Waals surface area contributed by atoms with E-state index in [0.717, 1.165) is 36.6 Å². The number of carboxylic acids is 1. The van der Waals surface area contributed by atoms with Crippen LogP contribution in [0.3, 0.4) is 0 Å². The van der Waals surface area contributed by atoms with Crippen molar-refractivity contribution in [1.82, 2.24) is 10.2 Å². The van der Waals surface area contributed by atoms with Crippen molar-refractivity contribution >= 4 is 29.5 Å². The summed E-state index contributed by atoms with van der Waals surface area (Å²) in [6, 6.07) is 8.19. The SMILES string of the molecule is CC1=C(C)/C(=C/C=C/c2ccc(N3CCNCC3)cc2)C(=O)N(CC(=O)O)C1=O. The Morgan fingerprint density at radius 2 is 1.72 bits per heavy atom. The number of piperazine rings is 1. The summed E-state index contributed by atoms with van der Waals surface area (Å²) in [6.45, 7) is 6.60. The van der Waals surface area contributed by atoms with Crippen LogP contribution in [0.1, 0.15) is 19.4 Å². The zero-order chi connectivity index (χ0) is 21.0. The van der Waals surface area contributed by atoms with Crippen LogP contribution in [0.2, 0.25) is 0 Å². The summed E-state index contributed by atoms with van der Waals surface area (Å²) < 4.78 is 0. The van der Waals surface area contributed by atoms with Crippen molar-refractivity contribution in [2.45, 2.75) is 13.8 Å². The number of hydrogen-bond donors (Lipinski definition) is 2. The summed E-state index contributed by atoms with van der Waals surface area (Å²) in [4.78, 5) is 38.9. The second-order valence-corrected chi connectivity index (χ2v) is 7.11. The molecule has 1 fully saturated rings. The number of benzene rings is 1. The second-order valence-electron chi connectivity index (χ2n) is 7.11. The third kappa shape index (κ3) is 4.63. The molecule has 0 aromatic heterocycles. The topological polar surface area (TPSA) is 90.0 Å². The molecule has 1 aromatic carbocycles. The highest BCUT2D eigenvalue weighted by Gasteiger charge is 2.34. The quantitative estimate of drug-likeness (QED) is 0.584. The van der Waals surface area contributed by atoms with Crippen LogP contribution in [0.4, 0.5) is 5.69 Å². The molecule has 152 valence electrons. The van der Waals surface area contributed by atoms with Crippen LogP contribution >= 0.6 is 0 Å². The summed E-state index contributed by atoms with van der Waals surface area (Å²) in [5.41, 5.74) is 3.45. The fourth-order valence-electron chi connectivity index (χ4n) is 3.41. The highest BCUT2D eigenvalue weighted by Crippen LogP contribution is 2.25. The fraction of sp³-hybridized carbons (Fsp3) is 0.318. The van der Waals surface area contributed by atoms with Crippen LogP contribution in [0, 0.1) is 0 Å². The number of nitrogens with zero attached hydrogens (tertiary/aromatic N) is 2. The van der Waals surface area contributed by atoms with Crippen molar-refractivity contribution in [1.29, 1.82) is 0 Å². The van der Waals surface area contributed by atoms with Gasteiger partial charge in [0.1, 0.15) is 6.54 Å². The average molecular weight is 395 g/mol. The van der Waals surface area contributed by atoms with E-state index >= 15 is 0 Å². The fourth-order valence-corrected chi connectivity index (χ4v) is 3.41. The van der Waals surface area contributed by atoms with Crippen LogP contribution in [-0.2, 0) is 14.4 Å². The van der Waals surface area contributed by atoms with Crippen LogP contribution in [0.25, 0.3) is 6.08 Å². The molecular formula is C22H25N3O4. The van der Waals surface area contributed by atoms with Gasteiger partial charge in [-0.25, -0.2) is 0 Å². The average Bonchev–Trinajstić information content (AvgIpc) is 2.73. The minimum absolute atomic E-state index is 0.331. The summed E-state index contributed by atoms with van der Waals surface area (Å²) in [5.74, 6) is -2.36. The predicted octanol–water partition coefficient (Wildman–Crippen LogP) is 1.83. The minimum Gasteiger partial charge on any atom is -0.480 e. The lowest BCUT2D eigenvalue weighted by Gasteiger charge is -2.29. The number of anilines is 1. The van der Waals surface area contributed by atoms with Gasteiger partial charge < -0.3 is 15.3 Å². The van der Waals surface area contributed by atoms with E-state index in [1.54, 1.807) is 26.0 Å². The Bertz CT molecular complexity index is 906. The van der Waals surface area contributed by atoms with Gasteiger partial charge in [-0.15, -0.1) is 0 Å². The van der Waals surface area contributed by atoms with Gasteiger partial charge >= 0.3 is 5.97 Å². The molecule has 0 spiro atoms. The van der Waals surface area contributed by atoms with E-state index in [9.17, 15) is 14.4 Å². The Balaban J connectivity index is 1.76. The van der Waals surface area contributed by atoms with Crippen LogP contribution in [0.15, 0.2) is 53.1 Å². The molecule has 0 aliphatic carbocycles. The number of hydrogen-bond acceptors (Lipinski definition) is 5. The highest BCUT2D eigenvalue weighted by atomic mass is 16.4. The number of carboxylic acid groups (broad SMARTS) is 1. The standard InChI is InChI=1S/C22H25N3O4/c1-15-16(2)21(28)25(14-20(26)27)22(29)19(15)5-3-4-17-6-8-18(9-7-17)24-12-10-23-11-13-24/h3-9,23H,10-14H2,1-2H3,(H,26,27)/b4-3+,19-5-. The van der Waals surface area contributed by atoms with Gasteiger partial charge in [-0.05, 0) is 43.2 Å². The molecule has 1 saturated heterocycles. The zero-order valence-electron chi connectivity index (χ0n) is 16.6. The van der Waals surface area contributed by atoms with E-state index in [4.69, 9.17) is 5.11 Å². The third-order valence-electron chi connectivity index (χ3n) is 5.23. The number of carbonyl (C=O) groups is 3. The first-order chi connectivity index (χ1) is 13.9. The van der Waals surface area contributed by atoms with E-state index in [1.165, 1.54) is 5.69 Å². The summed E-state index contributed by atoms with van der Waals surface area (Å²) in [7, 11) is 0. The summed E-state index contributed by atoms with van der Waals surface area (Å²) in [6.07, 6.45) is 5.26. The molecule has 0 saturated carbocycles. The Morgan fingerprint density at radius 1 is 1.07 bits per heavy atom. The molecule has 2 heterocycles. The predicted molar refractivity (Wildman–Crippen MR) is 111 cm³/mol. The number of amides is 2. The lowest BCUT2D eigenvalue weighted by Crippen LogP contribution is -2.45. The lowest BCUT2D eigenvalue weighted by atomic mass is 9.95. The molecule has 3 rings (SSSR count). The molecule has 29 heavy (non-hydrogen) atoms. The maximum absolute atomic E-state index is 12.6. The molecule has 2 aliphatic heterocycles. The van der Waals surface area contributed by atoms with E-state index < -0.39 is 24.3 Å². The first-order valence-electron chi connectivity index (χ1n) is 9.58. The molecule has 2 amide bonds. The molecule has 2 aliphatic rings. The lowest BCUT2D eigenvalue weighted by molar-refractivity contribution is -0.149. The first-order valence-corrected chi connectivity index (χ1v) is 9.58. The van der Waals surface area contributed by atoms with Gasteiger partial charge in [0.2, 0.25) is 0 Å². The van der Waals surface area contributed by atoms with Crippen LogP contribution in [-0.4, -0.2) is 60.5 Å². The van der Waals surface area contributed by atoms with E-state index in [0.29, 0.717) is 16.7 Å². The summed E-state index contributed by atoms with van der Waals surface area (Å²) >= 11 is 0. The van der Waals surface area contributed by atoms with Gasteiger partial charge in [-0.3, -0.25) is 19.3 Å². The smallest absolute Gasteiger partial charge is 0.323 e. The minimum atomic E-state index is -1.22. The third-order valence-corrected chi connectivity index (χ3v) is 5.23. The van der Waals surface area contributed by atoms with E-state index in [-0.39, 0.29) is 0 Å². The Labute approximate surface area is 170 Å². The van der Waals surface area contributed by atoms with Crippen molar-refractivity contribution in [3.05, 3.63) is 58.7 Å². The van der Waals surface area contributed by atoms with Gasteiger partial charge in [-0.1, -0.05) is 24.3 Å². The Morgan fingerprint density at radius 3 is 2.34 bits per heavy atom. The highest BCUT2D eigenvalue weighted by molar-refractivity contribution is 6.17. The number of allylic oxidation sites excluding steroid dienone is 2. The first kappa shape index (κ1) is 20.5. The maximum Gasteiger partial charge on any atom is 0.323 e. The normalized spacial score (nSPS) is 19.6. The Hall–Kier alpha value is -3.19. The van der Waals surface area contributed by atoms with Gasteiger partial charge in [-0.2, -0.15) is 0 Å². The van der Waals surface area contributed by atoms with E-state index in [1.807, 2.05) is 18.2 Å². The maximum atomic E-state index is 12.6. The van der Waals surface area contributed by atoms with Crippen molar-refractivity contribution in [2.24, 2.45) is 0 Å². The van der Waals surface area contributed by atoms with Gasteiger partial charge in [0.15, 0.2) is 0 Å². The zero-order valence-corrected chi connectivity index (χ0v) is 16.6. The number of rotatable bonds is 5. The molecule has 0 bridgehead atoms. The number of aliphatic carboxylic acids is 1. The summed E-state index contributed by atoms with van der Waals surface area (Å²) in [5, 5.41) is 12.3. The number of nitrogens with one attached hydrogen (secondary N) is 1. The van der Waals surface area contributed by atoms with Crippen molar-refractivity contribution < 1.29 is 19.5 Å². The molecule has 0 unspecified atom stereocenters. The molecule has 1 aromatic rings. The van der Waals surface area contributed by atoms with Crippen LogP contribution in [0.5, 0.6) is 0 Å². The molecular weight excluding hydrogens is 370 g/mol. The number of imide groups is 1. The van der Waals surface area contributed by atoms with Gasteiger partial charge in [0.05, 0.1) is 0 Å². The monoisotopic (exact) mass is 395 g/mol. The van der Waals surface area contributed by atoms with Crippen LogP contribution < -0.4 is 10.2 Å². The largest absolute Gasteiger partial charge is 0.480 e. The molecule has 2 N–H and O–H groups in total. The molecule has 7 heteroatoms. The Kier molecular flexibility index (Phi) is 6.29. The van der Waals surface area contributed by atoms with E-state index in [2.05, 4.69) is 22.3 Å². The van der Waals surface area contributed by atoms with Crippen molar-refractivity contribution in [3.63, 3.8) is 0 Å². The van der Waals surface area contributed by atoms with Gasteiger partial charge in [0, 0.05) is 43.0 Å². The molecule has 7 nitrogen and oxygen atoms in total. The van der Waals surface area contributed by atoms with Crippen molar-refractivity contribution in [2.75, 3.05) is 37.6 Å². The van der Waals surface area contributed by atoms with Crippen molar-refractivity contribution in [3.8, 4) is 0 Å². The molecule has 0 atom stereocenters.